The highest BCUT2D eigenvalue weighted by atomic mass is 127. The van der Waals surface area contributed by atoms with Crippen LogP contribution in [0, 0.1) is 0 Å². The molecule has 0 radical (unpaired) electrons. The second-order valence-corrected chi connectivity index (χ2v) is 6.94. The van der Waals surface area contributed by atoms with Crippen LogP contribution < -0.4 is 10.2 Å². The molecular formula is C20H26IN7O. The number of aromatic amines is 1. The van der Waals surface area contributed by atoms with Gasteiger partial charge in [0.1, 0.15) is 6.54 Å². The largest absolute Gasteiger partial charge is 0.358 e. The van der Waals surface area contributed by atoms with Gasteiger partial charge in [0.2, 0.25) is 5.91 Å². The van der Waals surface area contributed by atoms with Crippen molar-refractivity contribution in [1.29, 1.82) is 0 Å². The summed E-state index contributed by atoms with van der Waals surface area (Å²) >= 11 is 0. The van der Waals surface area contributed by atoms with Gasteiger partial charge >= 0.3 is 0 Å². The number of aliphatic imine (C=N–C) groups is 1. The molecule has 0 saturated carbocycles. The summed E-state index contributed by atoms with van der Waals surface area (Å²) in [6.45, 7) is 2.40. The molecule has 1 aromatic carbocycles. The van der Waals surface area contributed by atoms with Crippen LogP contribution in [-0.2, 0) is 18.3 Å². The molecule has 1 saturated heterocycles. The van der Waals surface area contributed by atoms with Crippen molar-refractivity contribution < 1.29 is 4.79 Å². The Hall–Kier alpha value is -2.56. The lowest BCUT2D eigenvalue weighted by Gasteiger charge is -2.35. The quantitative estimate of drug-likeness (QED) is 0.322. The standard InChI is InChI=1S/C20H25N7O.HI/c1-21-20(22-8-7-16-11-15-5-3-4-6-18(15)24-16)26-9-10-27(19(28)14-26)17-12-23-25(2)13-17;/h3-6,11-13,24H,7-10,14H2,1-2H3,(H,21,22);1H. The molecule has 154 valence electrons. The number of amides is 1. The Morgan fingerprint density at radius 3 is 2.83 bits per heavy atom. The first-order valence-electron chi connectivity index (χ1n) is 9.45. The van der Waals surface area contributed by atoms with Gasteiger partial charge in [0.05, 0.1) is 11.9 Å². The van der Waals surface area contributed by atoms with Crippen molar-refractivity contribution in [2.45, 2.75) is 6.42 Å². The van der Waals surface area contributed by atoms with Gasteiger partial charge in [-0.3, -0.25) is 14.5 Å². The number of nitrogens with one attached hydrogen (secondary N) is 2. The average molecular weight is 507 g/mol. The maximum atomic E-state index is 12.6. The van der Waals surface area contributed by atoms with Gasteiger partial charge in [0, 0.05) is 57.6 Å². The number of para-hydroxylation sites is 1. The van der Waals surface area contributed by atoms with Crippen LogP contribution in [0.4, 0.5) is 5.69 Å². The Labute approximate surface area is 187 Å². The molecule has 9 heteroatoms. The third-order valence-electron chi connectivity index (χ3n) is 5.00. The Bertz CT molecular complexity index is 976. The lowest BCUT2D eigenvalue weighted by atomic mass is 10.2. The van der Waals surface area contributed by atoms with E-state index >= 15 is 0 Å². The highest BCUT2D eigenvalue weighted by Gasteiger charge is 2.27. The highest BCUT2D eigenvalue weighted by molar-refractivity contribution is 14.0. The average Bonchev–Trinajstić information content (AvgIpc) is 3.31. The molecule has 2 aromatic heterocycles. The summed E-state index contributed by atoms with van der Waals surface area (Å²) in [7, 11) is 3.60. The number of halogens is 1. The molecule has 2 N–H and O–H groups in total. The number of aromatic nitrogens is 3. The molecule has 0 bridgehead atoms. The minimum absolute atomic E-state index is 0. The second-order valence-electron chi connectivity index (χ2n) is 6.94. The van der Waals surface area contributed by atoms with E-state index < -0.39 is 0 Å². The van der Waals surface area contributed by atoms with Gasteiger partial charge in [-0.15, -0.1) is 24.0 Å². The van der Waals surface area contributed by atoms with Crippen LogP contribution in [0.2, 0.25) is 0 Å². The molecular weight excluding hydrogens is 481 g/mol. The third-order valence-corrected chi connectivity index (χ3v) is 5.00. The Balaban J connectivity index is 0.00000240. The number of rotatable bonds is 4. The first kappa shape index (κ1) is 21.2. The van der Waals surface area contributed by atoms with E-state index in [1.54, 1.807) is 22.8 Å². The van der Waals surface area contributed by atoms with E-state index in [1.807, 2.05) is 30.3 Å². The summed E-state index contributed by atoms with van der Waals surface area (Å²) in [6.07, 6.45) is 4.44. The Morgan fingerprint density at radius 2 is 2.14 bits per heavy atom. The molecule has 0 aliphatic carbocycles. The smallest absolute Gasteiger partial charge is 0.246 e. The number of guanidine groups is 1. The number of carbonyl (C=O) groups is 1. The van der Waals surface area contributed by atoms with Crippen molar-refractivity contribution in [3.8, 4) is 0 Å². The van der Waals surface area contributed by atoms with Gasteiger partial charge in [-0.1, -0.05) is 18.2 Å². The predicted octanol–water partition coefficient (Wildman–Crippen LogP) is 1.99. The number of nitrogens with zero attached hydrogens (tertiary/aromatic N) is 5. The summed E-state index contributed by atoms with van der Waals surface area (Å²) in [5.41, 5.74) is 3.18. The molecule has 1 fully saturated rings. The zero-order valence-corrected chi connectivity index (χ0v) is 19.0. The van der Waals surface area contributed by atoms with Crippen molar-refractivity contribution in [2.75, 3.05) is 38.1 Å². The molecule has 0 atom stereocenters. The van der Waals surface area contributed by atoms with Crippen molar-refractivity contribution >= 4 is 52.4 Å². The molecule has 1 amide bonds. The number of hydrogen-bond donors (Lipinski definition) is 2. The molecule has 29 heavy (non-hydrogen) atoms. The van der Waals surface area contributed by atoms with E-state index in [2.05, 4.69) is 38.6 Å². The van der Waals surface area contributed by atoms with Crippen LogP contribution in [-0.4, -0.2) is 64.8 Å². The Kier molecular flexibility index (Phi) is 6.78. The van der Waals surface area contributed by atoms with Crippen molar-refractivity contribution in [3.63, 3.8) is 0 Å². The fourth-order valence-corrected chi connectivity index (χ4v) is 3.58. The summed E-state index contributed by atoms with van der Waals surface area (Å²) in [4.78, 5) is 24.2. The fraction of sp³-hybridized carbons (Fsp3) is 0.350. The monoisotopic (exact) mass is 507 g/mol. The molecule has 1 aliphatic heterocycles. The third kappa shape index (κ3) is 4.72. The van der Waals surface area contributed by atoms with E-state index in [1.165, 1.54) is 11.1 Å². The van der Waals surface area contributed by atoms with E-state index in [0.717, 1.165) is 36.7 Å². The summed E-state index contributed by atoms with van der Waals surface area (Å²) in [6, 6.07) is 10.4. The molecule has 0 spiro atoms. The lowest BCUT2D eigenvalue weighted by Crippen LogP contribution is -2.55. The summed E-state index contributed by atoms with van der Waals surface area (Å²) < 4.78 is 1.71. The van der Waals surface area contributed by atoms with Gasteiger partial charge in [0.15, 0.2) is 5.96 Å². The minimum atomic E-state index is 0. The molecule has 0 unspecified atom stereocenters. The van der Waals surface area contributed by atoms with E-state index in [9.17, 15) is 4.79 Å². The number of aryl methyl sites for hydroxylation is 1. The van der Waals surface area contributed by atoms with Crippen molar-refractivity contribution in [2.24, 2.45) is 12.0 Å². The first-order chi connectivity index (χ1) is 13.6. The van der Waals surface area contributed by atoms with E-state index in [-0.39, 0.29) is 29.9 Å². The van der Waals surface area contributed by atoms with Crippen LogP contribution >= 0.6 is 24.0 Å². The van der Waals surface area contributed by atoms with Crippen LogP contribution in [0.25, 0.3) is 10.9 Å². The highest BCUT2D eigenvalue weighted by Crippen LogP contribution is 2.16. The number of hydrogen-bond acceptors (Lipinski definition) is 3. The minimum Gasteiger partial charge on any atom is -0.358 e. The van der Waals surface area contributed by atoms with Crippen LogP contribution in [0.1, 0.15) is 5.69 Å². The zero-order valence-electron chi connectivity index (χ0n) is 16.6. The topological polar surface area (TPSA) is 81.6 Å². The van der Waals surface area contributed by atoms with Crippen molar-refractivity contribution in [1.82, 2.24) is 25.0 Å². The number of H-pyrrole nitrogens is 1. The number of anilines is 1. The second kappa shape index (κ2) is 9.29. The van der Waals surface area contributed by atoms with Gasteiger partial charge in [0.25, 0.3) is 0 Å². The van der Waals surface area contributed by atoms with Gasteiger partial charge in [-0.05, 0) is 17.5 Å². The number of carbonyl (C=O) groups excluding carboxylic acids is 1. The molecule has 8 nitrogen and oxygen atoms in total. The molecule has 4 rings (SSSR count). The number of piperazine rings is 1. The fourth-order valence-electron chi connectivity index (χ4n) is 3.58. The molecule has 1 aliphatic rings. The summed E-state index contributed by atoms with van der Waals surface area (Å²) in [5.74, 6) is 0.813. The van der Waals surface area contributed by atoms with Crippen LogP contribution in [0.5, 0.6) is 0 Å². The van der Waals surface area contributed by atoms with E-state index in [4.69, 9.17) is 0 Å². The maximum Gasteiger partial charge on any atom is 0.246 e. The van der Waals surface area contributed by atoms with E-state index in [0.29, 0.717) is 13.1 Å². The normalized spacial score (nSPS) is 15.0. The lowest BCUT2D eigenvalue weighted by molar-refractivity contribution is -0.120. The maximum absolute atomic E-state index is 12.6. The molecule has 3 heterocycles. The van der Waals surface area contributed by atoms with Crippen molar-refractivity contribution in [3.05, 3.63) is 48.4 Å². The Morgan fingerprint density at radius 1 is 1.31 bits per heavy atom. The number of benzene rings is 1. The molecule has 3 aromatic rings. The number of fused-ring (bicyclic) bond motifs is 1. The van der Waals surface area contributed by atoms with Crippen LogP contribution in [0.3, 0.4) is 0 Å². The van der Waals surface area contributed by atoms with Gasteiger partial charge in [-0.25, -0.2) is 0 Å². The SMILES string of the molecule is CN=C(NCCc1cc2ccccc2[nH]1)N1CCN(c2cnn(C)c2)C(=O)C1.I. The van der Waals surface area contributed by atoms with Crippen LogP contribution in [0.15, 0.2) is 47.7 Å². The van der Waals surface area contributed by atoms with Gasteiger partial charge in [-0.2, -0.15) is 5.10 Å². The first-order valence-corrected chi connectivity index (χ1v) is 9.45. The summed E-state index contributed by atoms with van der Waals surface area (Å²) in [5, 5.41) is 8.75. The zero-order chi connectivity index (χ0) is 19.5. The van der Waals surface area contributed by atoms with Gasteiger partial charge < -0.3 is 20.1 Å². The predicted molar refractivity (Wildman–Crippen MR) is 126 cm³/mol.